The fourth-order valence-corrected chi connectivity index (χ4v) is 1.32. The Kier molecular flexibility index (Phi) is 3.78. The summed E-state index contributed by atoms with van der Waals surface area (Å²) >= 11 is 0. The van der Waals surface area contributed by atoms with Crippen LogP contribution in [0.5, 0.6) is 5.75 Å². The molecule has 0 aliphatic rings. The van der Waals surface area contributed by atoms with Crippen molar-refractivity contribution in [3.8, 4) is 5.75 Å². The van der Waals surface area contributed by atoms with Crippen molar-refractivity contribution >= 4 is 5.97 Å². The van der Waals surface area contributed by atoms with Crippen LogP contribution in [0.2, 0.25) is 0 Å². The topological polar surface area (TPSA) is 66.8 Å². The summed E-state index contributed by atoms with van der Waals surface area (Å²) in [7, 11) is 1.15. The maximum Gasteiger partial charge on any atom is 0.306 e. The van der Waals surface area contributed by atoms with Crippen molar-refractivity contribution in [3.63, 3.8) is 0 Å². The molecule has 16 heavy (non-hydrogen) atoms. The summed E-state index contributed by atoms with van der Waals surface area (Å²) in [6.45, 7) is 0. The number of rotatable bonds is 4. The van der Waals surface area contributed by atoms with E-state index in [9.17, 15) is 18.7 Å². The van der Waals surface area contributed by atoms with E-state index in [0.717, 1.165) is 13.2 Å². The predicted octanol–water partition coefficient (Wildman–Crippen LogP) is 1.48. The second-order valence-corrected chi connectivity index (χ2v) is 3.12. The van der Waals surface area contributed by atoms with Crippen LogP contribution in [-0.2, 0) is 4.79 Å². The molecule has 0 unspecified atom stereocenters. The number of aliphatic hydroxyl groups is 1. The lowest BCUT2D eigenvalue weighted by Crippen LogP contribution is -2.08. The maximum absolute atomic E-state index is 13.2. The highest BCUT2D eigenvalue weighted by atomic mass is 19.1. The Bertz CT molecular complexity index is 406. The Morgan fingerprint density at radius 2 is 2.12 bits per heavy atom. The molecule has 1 aromatic carbocycles. The lowest BCUT2D eigenvalue weighted by Gasteiger charge is -2.13. The third kappa shape index (κ3) is 2.66. The van der Waals surface area contributed by atoms with Gasteiger partial charge in [-0.3, -0.25) is 4.79 Å². The summed E-state index contributed by atoms with van der Waals surface area (Å²) in [6, 6.07) is 1.44. The monoisotopic (exact) mass is 232 g/mol. The predicted molar refractivity (Wildman–Crippen MR) is 50.1 cm³/mol. The highest BCUT2D eigenvalue weighted by Gasteiger charge is 2.20. The molecule has 0 radical (unpaired) electrons. The van der Waals surface area contributed by atoms with E-state index in [0.29, 0.717) is 6.07 Å². The van der Waals surface area contributed by atoms with E-state index in [1.807, 2.05) is 0 Å². The van der Waals surface area contributed by atoms with Gasteiger partial charge in [0.25, 0.3) is 0 Å². The van der Waals surface area contributed by atoms with Crippen LogP contribution >= 0.6 is 0 Å². The van der Waals surface area contributed by atoms with Gasteiger partial charge in [0.15, 0.2) is 11.6 Å². The SMILES string of the molecule is COc1c(F)cc(F)cc1[C@@H](O)CC(=O)O. The second-order valence-electron chi connectivity index (χ2n) is 3.12. The Labute approximate surface area is 90.1 Å². The number of hydrogen-bond donors (Lipinski definition) is 2. The standard InChI is InChI=1S/C10H10F2O4/c1-16-10-6(8(13)4-9(14)15)2-5(11)3-7(10)12/h2-3,8,13H,4H2,1H3,(H,14,15)/t8-/m0/s1. The summed E-state index contributed by atoms with van der Waals surface area (Å²) in [4.78, 5) is 10.4. The number of carboxylic acid groups (broad SMARTS) is 1. The molecular formula is C10H10F2O4. The number of aliphatic carboxylic acids is 1. The van der Waals surface area contributed by atoms with E-state index < -0.39 is 30.1 Å². The van der Waals surface area contributed by atoms with Gasteiger partial charge in [-0.15, -0.1) is 0 Å². The van der Waals surface area contributed by atoms with E-state index in [-0.39, 0.29) is 11.3 Å². The average Bonchev–Trinajstić information content (AvgIpc) is 2.15. The first-order chi connectivity index (χ1) is 7.45. The smallest absolute Gasteiger partial charge is 0.306 e. The number of ether oxygens (including phenoxy) is 1. The largest absolute Gasteiger partial charge is 0.493 e. The normalized spacial score (nSPS) is 12.2. The van der Waals surface area contributed by atoms with Crippen LogP contribution < -0.4 is 4.74 Å². The molecule has 0 saturated heterocycles. The van der Waals surface area contributed by atoms with Crippen molar-refractivity contribution in [2.45, 2.75) is 12.5 Å². The zero-order valence-electron chi connectivity index (χ0n) is 8.41. The molecule has 0 spiro atoms. The third-order valence-electron chi connectivity index (χ3n) is 1.97. The summed E-state index contributed by atoms with van der Waals surface area (Å²) in [6.07, 6.45) is -2.17. The van der Waals surface area contributed by atoms with Crippen molar-refractivity contribution in [1.29, 1.82) is 0 Å². The van der Waals surface area contributed by atoms with Crippen LogP contribution in [0, 0.1) is 11.6 Å². The Morgan fingerprint density at radius 1 is 1.50 bits per heavy atom. The van der Waals surface area contributed by atoms with Crippen molar-refractivity contribution in [1.82, 2.24) is 0 Å². The quantitative estimate of drug-likeness (QED) is 0.825. The Morgan fingerprint density at radius 3 is 2.62 bits per heavy atom. The number of benzene rings is 1. The molecule has 6 heteroatoms. The Balaban J connectivity index is 3.15. The van der Waals surface area contributed by atoms with Crippen molar-refractivity contribution in [2.75, 3.05) is 7.11 Å². The molecule has 0 aromatic heterocycles. The van der Waals surface area contributed by atoms with E-state index in [2.05, 4.69) is 4.74 Å². The van der Waals surface area contributed by atoms with Crippen LogP contribution in [0.3, 0.4) is 0 Å². The van der Waals surface area contributed by atoms with Gasteiger partial charge in [-0.05, 0) is 6.07 Å². The molecule has 0 heterocycles. The minimum Gasteiger partial charge on any atom is -0.493 e. The zero-order valence-corrected chi connectivity index (χ0v) is 8.41. The Hall–Kier alpha value is -1.69. The van der Waals surface area contributed by atoms with Gasteiger partial charge < -0.3 is 14.9 Å². The van der Waals surface area contributed by atoms with Gasteiger partial charge in [-0.2, -0.15) is 0 Å². The molecule has 0 bridgehead atoms. The number of carboxylic acids is 1. The van der Waals surface area contributed by atoms with E-state index in [1.165, 1.54) is 0 Å². The minimum atomic E-state index is -1.52. The first kappa shape index (κ1) is 12.4. The molecule has 4 nitrogen and oxygen atoms in total. The lowest BCUT2D eigenvalue weighted by atomic mass is 10.0. The van der Waals surface area contributed by atoms with Crippen molar-refractivity contribution in [2.24, 2.45) is 0 Å². The molecule has 1 atom stereocenters. The average molecular weight is 232 g/mol. The zero-order chi connectivity index (χ0) is 12.3. The van der Waals surface area contributed by atoms with Gasteiger partial charge in [0, 0.05) is 11.6 Å². The fraction of sp³-hybridized carbons (Fsp3) is 0.300. The second kappa shape index (κ2) is 4.89. The maximum atomic E-state index is 13.2. The molecule has 0 fully saturated rings. The molecule has 0 aliphatic heterocycles. The van der Waals surface area contributed by atoms with Gasteiger partial charge in [0.1, 0.15) is 5.82 Å². The first-order valence-electron chi connectivity index (χ1n) is 4.38. The summed E-state index contributed by atoms with van der Waals surface area (Å²) in [5.41, 5.74) is -0.220. The number of aliphatic hydroxyl groups excluding tert-OH is 1. The van der Waals surface area contributed by atoms with Crippen LogP contribution in [0.15, 0.2) is 12.1 Å². The molecule has 2 N–H and O–H groups in total. The number of methoxy groups -OCH3 is 1. The molecule has 0 aliphatic carbocycles. The van der Waals surface area contributed by atoms with Gasteiger partial charge in [-0.25, -0.2) is 8.78 Å². The van der Waals surface area contributed by atoms with Gasteiger partial charge in [-0.1, -0.05) is 0 Å². The summed E-state index contributed by atoms with van der Waals surface area (Å²) in [5, 5.41) is 17.9. The molecule has 88 valence electrons. The van der Waals surface area contributed by atoms with E-state index >= 15 is 0 Å². The van der Waals surface area contributed by atoms with Crippen LogP contribution in [-0.4, -0.2) is 23.3 Å². The summed E-state index contributed by atoms with van der Waals surface area (Å²) in [5.74, 6) is -3.52. The first-order valence-corrected chi connectivity index (χ1v) is 4.38. The van der Waals surface area contributed by atoms with Crippen molar-refractivity contribution < 1.29 is 28.5 Å². The number of halogens is 2. The molecule has 1 rings (SSSR count). The highest BCUT2D eigenvalue weighted by molar-refractivity contribution is 5.68. The van der Waals surface area contributed by atoms with E-state index in [1.54, 1.807) is 0 Å². The highest BCUT2D eigenvalue weighted by Crippen LogP contribution is 2.30. The summed E-state index contributed by atoms with van der Waals surface area (Å²) < 4.78 is 30.7. The van der Waals surface area contributed by atoms with Crippen LogP contribution in [0.25, 0.3) is 0 Å². The van der Waals surface area contributed by atoms with Gasteiger partial charge in [0.2, 0.25) is 0 Å². The van der Waals surface area contributed by atoms with Crippen LogP contribution in [0.1, 0.15) is 18.1 Å². The van der Waals surface area contributed by atoms with Crippen LogP contribution in [0.4, 0.5) is 8.78 Å². The molecular weight excluding hydrogens is 222 g/mol. The lowest BCUT2D eigenvalue weighted by molar-refractivity contribution is -0.139. The number of carbonyl (C=O) groups is 1. The third-order valence-corrected chi connectivity index (χ3v) is 1.97. The van der Waals surface area contributed by atoms with Crippen molar-refractivity contribution in [3.05, 3.63) is 29.3 Å². The fourth-order valence-electron chi connectivity index (χ4n) is 1.32. The molecule has 0 saturated carbocycles. The molecule has 0 amide bonds. The molecule has 1 aromatic rings. The van der Waals surface area contributed by atoms with Gasteiger partial charge >= 0.3 is 5.97 Å². The van der Waals surface area contributed by atoms with Gasteiger partial charge in [0.05, 0.1) is 19.6 Å². The van der Waals surface area contributed by atoms with E-state index in [4.69, 9.17) is 5.11 Å². The minimum absolute atomic E-state index is 0.220. The number of hydrogen-bond acceptors (Lipinski definition) is 3.